The molecule has 0 unspecified atom stereocenters. The zero-order chi connectivity index (χ0) is 10.4. The fourth-order valence-electron chi connectivity index (χ4n) is 2.82. The van der Waals surface area contributed by atoms with Crippen molar-refractivity contribution in [2.45, 2.75) is 37.8 Å². The molecule has 0 radical (unpaired) electrons. The Morgan fingerprint density at radius 1 is 1.33 bits per heavy atom. The van der Waals surface area contributed by atoms with Crippen molar-refractivity contribution < 1.29 is 14.3 Å². The number of fused-ring (bicyclic) bond motifs is 3. The van der Waals surface area contributed by atoms with Crippen molar-refractivity contribution in [1.82, 2.24) is 4.90 Å². The maximum Gasteiger partial charge on any atom is 0.331 e. The number of ether oxygens (including phenoxy) is 1. The molecule has 0 saturated carbocycles. The van der Waals surface area contributed by atoms with Crippen LogP contribution in [0.2, 0.25) is 0 Å². The van der Waals surface area contributed by atoms with E-state index < -0.39 is 0 Å². The third-order valence-corrected chi connectivity index (χ3v) is 3.49. The average Bonchev–Trinajstić information content (AvgIpc) is 2.68. The van der Waals surface area contributed by atoms with Crippen LogP contribution in [0, 0.1) is 0 Å². The number of amides is 1. The molecule has 80 valence electrons. The van der Waals surface area contributed by atoms with E-state index in [1.165, 1.54) is 0 Å². The molecular formula is C11H13NO3. The number of carbonyl (C=O) groups is 2. The minimum atomic E-state index is -0.240. The maximum atomic E-state index is 11.6. The second kappa shape index (κ2) is 3.08. The highest BCUT2D eigenvalue weighted by Crippen LogP contribution is 2.35. The number of hydrogen-bond acceptors (Lipinski definition) is 3. The van der Waals surface area contributed by atoms with Crippen LogP contribution in [0.4, 0.5) is 0 Å². The largest absolute Gasteiger partial charge is 0.455 e. The predicted octanol–water partition coefficient (Wildman–Crippen LogP) is 0.623. The van der Waals surface area contributed by atoms with E-state index in [4.69, 9.17) is 4.74 Å². The van der Waals surface area contributed by atoms with Crippen LogP contribution in [0.15, 0.2) is 11.6 Å². The molecule has 2 saturated heterocycles. The maximum absolute atomic E-state index is 11.6. The summed E-state index contributed by atoms with van der Waals surface area (Å²) in [5.41, 5.74) is 1.03. The number of carbonyl (C=O) groups excluding carboxylic acids is 2. The Morgan fingerprint density at radius 2 is 2.20 bits per heavy atom. The van der Waals surface area contributed by atoms with Crippen molar-refractivity contribution in [1.29, 1.82) is 0 Å². The monoisotopic (exact) mass is 207 g/mol. The normalized spacial score (nSPS) is 34.4. The molecule has 2 fully saturated rings. The summed E-state index contributed by atoms with van der Waals surface area (Å²) in [5.74, 6) is -0.0166. The molecule has 4 nitrogen and oxygen atoms in total. The van der Waals surface area contributed by atoms with Crippen LogP contribution in [0.5, 0.6) is 0 Å². The molecule has 0 N–H and O–H groups in total. The molecule has 0 aliphatic carbocycles. The summed E-state index contributed by atoms with van der Waals surface area (Å²) in [6, 6.07) is 0.136. The third kappa shape index (κ3) is 1.28. The quantitative estimate of drug-likeness (QED) is 0.547. The lowest BCUT2D eigenvalue weighted by Gasteiger charge is -2.23. The van der Waals surface area contributed by atoms with E-state index in [0.29, 0.717) is 6.42 Å². The van der Waals surface area contributed by atoms with E-state index in [0.717, 1.165) is 31.4 Å². The number of rotatable bonds is 0. The van der Waals surface area contributed by atoms with Gasteiger partial charge in [-0.2, -0.15) is 0 Å². The minimum absolute atomic E-state index is 0.0570. The van der Waals surface area contributed by atoms with Gasteiger partial charge in [-0.05, 0) is 24.8 Å². The molecule has 0 aromatic carbocycles. The van der Waals surface area contributed by atoms with Crippen LogP contribution in [0.3, 0.4) is 0 Å². The highest BCUT2D eigenvalue weighted by molar-refractivity contribution is 5.87. The van der Waals surface area contributed by atoms with Crippen molar-refractivity contribution in [2.75, 3.05) is 6.54 Å². The van der Waals surface area contributed by atoms with Crippen LogP contribution in [0.1, 0.15) is 25.7 Å². The molecule has 0 aromatic heterocycles. The lowest BCUT2D eigenvalue weighted by Crippen LogP contribution is -2.34. The van der Waals surface area contributed by atoms with Crippen molar-refractivity contribution in [3.05, 3.63) is 11.6 Å². The first-order chi connectivity index (χ1) is 7.25. The zero-order valence-corrected chi connectivity index (χ0v) is 8.44. The Balaban J connectivity index is 1.96. The minimum Gasteiger partial charge on any atom is -0.455 e. The van der Waals surface area contributed by atoms with Crippen molar-refractivity contribution >= 4 is 11.9 Å². The van der Waals surface area contributed by atoms with E-state index in [-0.39, 0.29) is 24.0 Å². The Bertz CT molecular complexity index is 361. The molecule has 3 aliphatic heterocycles. The second-order valence-corrected chi connectivity index (χ2v) is 4.35. The molecule has 0 aromatic rings. The molecule has 0 bridgehead atoms. The Hall–Kier alpha value is -1.32. The Morgan fingerprint density at radius 3 is 3.07 bits per heavy atom. The molecule has 3 rings (SSSR count). The zero-order valence-electron chi connectivity index (χ0n) is 8.44. The Kier molecular flexibility index (Phi) is 1.84. The Labute approximate surface area is 87.9 Å². The summed E-state index contributed by atoms with van der Waals surface area (Å²) in [5, 5.41) is 0. The summed E-state index contributed by atoms with van der Waals surface area (Å²) >= 11 is 0. The van der Waals surface area contributed by atoms with Gasteiger partial charge < -0.3 is 9.64 Å². The first-order valence-electron chi connectivity index (χ1n) is 5.47. The van der Waals surface area contributed by atoms with Gasteiger partial charge in [0.25, 0.3) is 0 Å². The van der Waals surface area contributed by atoms with E-state index in [9.17, 15) is 9.59 Å². The topological polar surface area (TPSA) is 46.6 Å². The van der Waals surface area contributed by atoms with Gasteiger partial charge in [0.15, 0.2) is 0 Å². The smallest absolute Gasteiger partial charge is 0.331 e. The summed E-state index contributed by atoms with van der Waals surface area (Å²) in [6.07, 6.45) is 4.78. The van der Waals surface area contributed by atoms with Gasteiger partial charge in [-0.25, -0.2) is 4.79 Å². The molecule has 15 heavy (non-hydrogen) atoms. The van der Waals surface area contributed by atoms with Crippen LogP contribution < -0.4 is 0 Å². The fraction of sp³-hybridized carbons (Fsp3) is 0.636. The number of nitrogens with zero attached hydrogens (tertiary/aromatic N) is 1. The van der Waals surface area contributed by atoms with Crippen molar-refractivity contribution in [3.8, 4) is 0 Å². The SMILES string of the molecule is O=C1C=C2[C@H](CCCN3C(=O)CC[C@@H]23)O1. The van der Waals surface area contributed by atoms with Gasteiger partial charge in [-0.3, -0.25) is 4.79 Å². The van der Waals surface area contributed by atoms with E-state index >= 15 is 0 Å². The molecule has 0 spiro atoms. The molecule has 2 atom stereocenters. The predicted molar refractivity (Wildman–Crippen MR) is 51.9 cm³/mol. The van der Waals surface area contributed by atoms with Gasteiger partial charge in [-0.1, -0.05) is 0 Å². The first kappa shape index (κ1) is 8.95. The summed E-state index contributed by atoms with van der Waals surface area (Å²) in [7, 11) is 0. The third-order valence-electron chi connectivity index (χ3n) is 3.49. The molecule has 3 aliphatic rings. The van der Waals surface area contributed by atoms with Crippen molar-refractivity contribution in [2.24, 2.45) is 0 Å². The lowest BCUT2D eigenvalue weighted by atomic mass is 9.99. The number of esters is 1. The van der Waals surface area contributed by atoms with E-state index in [1.54, 1.807) is 6.08 Å². The van der Waals surface area contributed by atoms with Crippen LogP contribution in [-0.2, 0) is 14.3 Å². The lowest BCUT2D eigenvalue weighted by molar-refractivity contribution is -0.139. The second-order valence-electron chi connectivity index (χ2n) is 4.35. The summed E-state index contributed by atoms with van der Waals surface area (Å²) in [6.45, 7) is 0.814. The standard InChI is InChI=1S/C11H13NO3/c13-10-4-3-8-7-6-11(14)15-9(7)2-1-5-12(8)10/h6,8-9H,1-5H2/t8-,9-/m0/s1. The van der Waals surface area contributed by atoms with E-state index in [2.05, 4.69) is 0 Å². The van der Waals surface area contributed by atoms with E-state index in [1.807, 2.05) is 4.90 Å². The van der Waals surface area contributed by atoms with Crippen LogP contribution in [-0.4, -0.2) is 35.5 Å². The van der Waals surface area contributed by atoms with Crippen molar-refractivity contribution in [3.63, 3.8) is 0 Å². The highest BCUT2D eigenvalue weighted by atomic mass is 16.5. The van der Waals surface area contributed by atoms with Gasteiger partial charge in [0.2, 0.25) is 5.91 Å². The van der Waals surface area contributed by atoms with Gasteiger partial charge >= 0.3 is 5.97 Å². The molecule has 1 amide bonds. The summed E-state index contributed by atoms with van der Waals surface area (Å²) < 4.78 is 5.22. The number of hydrogen-bond donors (Lipinski definition) is 0. The van der Waals surface area contributed by atoms with Gasteiger partial charge in [0, 0.05) is 19.0 Å². The fourth-order valence-corrected chi connectivity index (χ4v) is 2.82. The van der Waals surface area contributed by atoms with Gasteiger partial charge in [-0.15, -0.1) is 0 Å². The highest BCUT2D eigenvalue weighted by Gasteiger charge is 2.41. The van der Waals surface area contributed by atoms with Crippen LogP contribution >= 0.6 is 0 Å². The van der Waals surface area contributed by atoms with Gasteiger partial charge in [0.05, 0.1) is 6.04 Å². The average molecular weight is 207 g/mol. The molecular weight excluding hydrogens is 194 g/mol. The first-order valence-corrected chi connectivity index (χ1v) is 5.47. The molecule has 3 heterocycles. The summed E-state index contributed by atoms with van der Waals surface area (Å²) in [4.78, 5) is 24.7. The van der Waals surface area contributed by atoms with Crippen LogP contribution in [0.25, 0.3) is 0 Å². The molecule has 4 heteroatoms. The van der Waals surface area contributed by atoms with Gasteiger partial charge in [0.1, 0.15) is 6.10 Å².